The van der Waals surface area contributed by atoms with Gasteiger partial charge in [-0.15, -0.1) is 0 Å². The summed E-state index contributed by atoms with van der Waals surface area (Å²) in [5.41, 5.74) is 1.76. The molecule has 0 atom stereocenters. The molecule has 6 nitrogen and oxygen atoms in total. The standard InChI is InChI=1S/C19H21ClN2O4/c1-13-3-2-4-14(9-13)24-6-5-21-19(23)12-22-16-11-18-17(10-15(16)20)25-7-8-26-18/h2-4,9-11,22H,5-8,12H2,1H3,(H,21,23). The maximum absolute atomic E-state index is 12.0. The van der Waals surface area contributed by atoms with Crippen LogP contribution < -0.4 is 24.8 Å². The molecule has 0 saturated carbocycles. The topological polar surface area (TPSA) is 68.8 Å². The summed E-state index contributed by atoms with van der Waals surface area (Å²) in [6.45, 7) is 3.93. The number of aryl methyl sites for hydroxylation is 1. The molecule has 0 aromatic heterocycles. The molecule has 1 heterocycles. The molecule has 138 valence electrons. The fraction of sp³-hybridized carbons (Fsp3) is 0.316. The van der Waals surface area contributed by atoms with Gasteiger partial charge in [0.1, 0.15) is 25.6 Å². The Balaban J connectivity index is 1.41. The summed E-state index contributed by atoms with van der Waals surface area (Å²) in [4.78, 5) is 12.0. The average Bonchev–Trinajstić information content (AvgIpc) is 2.63. The first kappa shape index (κ1) is 18.2. The molecule has 2 N–H and O–H groups in total. The van der Waals surface area contributed by atoms with Crippen molar-refractivity contribution < 1.29 is 19.0 Å². The summed E-state index contributed by atoms with van der Waals surface area (Å²) >= 11 is 6.20. The highest BCUT2D eigenvalue weighted by molar-refractivity contribution is 6.33. The molecular weight excluding hydrogens is 356 g/mol. The van der Waals surface area contributed by atoms with Crippen LogP contribution in [0.25, 0.3) is 0 Å². The number of ether oxygens (including phenoxy) is 3. The number of fused-ring (bicyclic) bond motifs is 1. The molecule has 1 aliphatic rings. The number of carbonyl (C=O) groups excluding carboxylic acids is 1. The Hall–Kier alpha value is -2.60. The van der Waals surface area contributed by atoms with Gasteiger partial charge in [-0.2, -0.15) is 0 Å². The van der Waals surface area contributed by atoms with E-state index in [-0.39, 0.29) is 12.5 Å². The number of amides is 1. The van der Waals surface area contributed by atoms with Gasteiger partial charge >= 0.3 is 0 Å². The molecule has 0 bridgehead atoms. The van der Waals surface area contributed by atoms with Crippen molar-refractivity contribution in [3.8, 4) is 17.2 Å². The predicted octanol–water partition coefficient (Wildman–Crippen LogP) is 3.03. The van der Waals surface area contributed by atoms with Crippen molar-refractivity contribution in [2.24, 2.45) is 0 Å². The van der Waals surface area contributed by atoms with E-state index in [1.165, 1.54) is 0 Å². The number of rotatable bonds is 7. The van der Waals surface area contributed by atoms with Gasteiger partial charge in [-0.25, -0.2) is 0 Å². The van der Waals surface area contributed by atoms with Crippen LogP contribution >= 0.6 is 11.6 Å². The molecule has 0 saturated heterocycles. The zero-order chi connectivity index (χ0) is 18.4. The molecular formula is C19H21ClN2O4. The number of carbonyl (C=O) groups is 1. The van der Waals surface area contributed by atoms with Crippen molar-refractivity contribution >= 4 is 23.2 Å². The Labute approximate surface area is 157 Å². The van der Waals surface area contributed by atoms with Crippen LogP contribution in [-0.4, -0.2) is 38.8 Å². The summed E-state index contributed by atoms with van der Waals surface area (Å²) in [5.74, 6) is 1.88. The summed E-state index contributed by atoms with van der Waals surface area (Å²) in [7, 11) is 0. The number of hydrogen-bond donors (Lipinski definition) is 2. The second-order valence-corrected chi connectivity index (χ2v) is 6.25. The predicted molar refractivity (Wildman–Crippen MR) is 101 cm³/mol. The largest absolute Gasteiger partial charge is 0.492 e. The molecule has 0 spiro atoms. The molecule has 0 radical (unpaired) electrons. The normalized spacial score (nSPS) is 12.4. The molecule has 2 aromatic carbocycles. The van der Waals surface area contributed by atoms with E-state index in [9.17, 15) is 4.79 Å². The lowest BCUT2D eigenvalue weighted by Gasteiger charge is -2.20. The lowest BCUT2D eigenvalue weighted by atomic mass is 10.2. The monoisotopic (exact) mass is 376 g/mol. The first-order chi connectivity index (χ1) is 12.6. The Bertz CT molecular complexity index is 782. The third-order valence-corrected chi connectivity index (χ3v) is 4.07. The van der Waals surface area contributed by atoms with Gasteiger partial charge in [-0.05, 0) is 24.6 Å². The Morgan fingerprint density at radius 1 is 1.19 bits per heavy atom. The molecule has 3 rings (SSSR count). The highest BCUT2D eigenvalue weighted by Crippen LogP contribution is 2.37. The van der Waals surface area contributed by atoms with Crippen LogP contribution in [0.2, 0.25) is 5.02 Å². The van der Waals surface area contributed by atoms with Crippen LogP contribution in [0.5, 0.6) is 17.2 Å². The number of benzene rings is 2. The summed E-state index contributed by atoms with van der Waals surface area (Å²) in [6, 6.07) is 11.2. The average molecular weight is 377 g/mol. The van der Waals surface area contributed by atoms with Crippen LogP contribution in [0, 0.1) is 6.92 Å². The van der Waals surface area contributed by atoms with Crippen LogP contribution in [0.3, 0.4) is 0 Å². The number of anilines is 1. The third kappa shape index (κ3) is 4.95. The number of halogens is 1. The van der Waals surface area contributed by atoms with E-state index in [1.54, 1.807) is 12.1 Å². The molecule has 7 heteroatoms. The zero-order valence-corrected chi connectivity index (χ0v) is 15.3. The highest BCUT2D eigenvalue weighted by atomic mass is 35.5. The minimum Gasteiger partial charge on any atom is -0.492 e. The van der Waals surface area contributed by atoms with Crippen molar-refractivity contribution in [2.45, 2.75) is 6.92 Å². The van der Waals surface area contributed by atoms with Gasteiger partial charge in [0.25, 0.3) is 0 Å². The molecule has 1 aliphatic heterocycles. The van der Waals surface area contributed by atoms with E-state index in [0.717, 1.165) is 11.3 Å². The Morgan fingerprint density at radius 3 is 2.73 bits per heavy atom. The fourth-order valence-corrected chi connectivity index (χ4v) is 2.72. The first-order valence-electron chi connectivity index (χ1n) is 8.41. The van der Waals surface area contributed by atoms with E-state index >= 15 is 0 Å². The lowest BCUT2D eigenvalue weighted by Crippen LogP contribution is -2.33. The molecule has 26 heavy (non-hydrogen) atoms. The van der Waals surface area contributed by atoms with E-state index in [1.807, 2.05) is 31.2 Å². The molecule has 0 aliphatic carbocycles. The molecule has 2 aromatic rings. The van der Waals surface area contributed by atoms with Crippen molar-refractivity contribution in [3.05, 3.63) is 47.0 Å². The van der Waals surface area contributed by atoms with Crippen molar-refractivity contribution in [1.82, 2.24) is 5.32 Å². The van der Waals surface area contributed by atoms with Gasteiger partial charge in [0.05, 0.1) is 23.8 Å². The van der Waals surface area contributed by atoms with Crippen LogP contribution in [-0.2, 0) is 4.79 Å². The maximum atomic E-state index is 12.0. The van der Waals surface area contributed by atoms with Crippen molar-refractivity contribution in [3.63, 3.8) is 0 Å². The quantitative estimate of drug-likeness (QED) is 0.727. The van der Waals surface area contributed by atoms with Gasteiger partial charge < -0.3 is 24.8 Å². The van der Waals surface area contributed by atoms with Crippen molar-refractivity contribution in [1.29, 1.82) is 0 Å². The second-order valence-electron chi connectivity index (χ2n) is 5.84. The Kier molecular flexibility index (Phi) is 6.07. The van der Waals surface area contributed by atoms with Gasteiger partial charge in [0.2, 0.25) is 5.91 Å². The summed E-state index contributed by atoms with van der Waals surface area (Å²) in [6.07, 6.45) is 0. The first-order valence-corrected chi connectivity index (χ1v) is 8.79. The second kappa shape index (κ2) is 8.67. The Morgan fingerprint density at radius 2 is 1.96 bits per heavy atom. The van der Waals surface area contributed by atoms with Gasteiger partial charge in [-0.3, -0.25) is 4.79 Å². The zero-order valence-electron chi connectivity index (χ0n) is 14.5. The fourth-order valence-electron chi connectivity index (χ4n) is 2.50. The minimum absolute atomic E-state index is 0.101. The van der Waals surface area contributed by atoms with Gasteiger partial charge in [-0.1, -0.05) is 23.7 Å². The van der Waals surface area contributed by atoms with Gasteiger partial charge in [0.15, 0.2) is 11.5 Å². The van der Waals surface area contributed by atoms with Crippen molar-refractivity contribution in [2.75, 3.05) is 38.2 Å². The third-order valence-electron chi connectivity index (χ3n) is 3.75. The van der Waals surface area contributed by atoms with E-state index in [0.29, 0.717) is 48.6 Å². The molecule has 0 unspecified atom stereocenters. The SMILES string of the molecule is Cc1cccc(OCCNC(=O)CNc2cc3c(cc2Cl)OCCO3)c1. The maximum Gasteiger partial charge on any atom is 0.239 e. The number of nitrogens with one attached hydrogen (secondary N) is 2. The number of hydrogen-bond acceptors (Lipinski definition) is 5. The molecule has 0 fully saturated rings. The van der Waals surface area contributed by atoms with E-state index in [2.05, 4.69) is 10.6 Å². The van der Waals surface area contributed by atoms with Gasteiger partial charge in [0, 0.05) is 12.1 Å². The van der Waals surface area contributed by atoms with E-state index in [4.69, 9.17) is 25.8 Å². The highest BCUT2D eigenvalue weighted by Gasteiger charge is 2.15. The van der Waals surface area contributed by atoms with E-state index < -0.39 is 0 Å². The van der Waals surface area contributed by atoms with Crippen LogP contribution in [0.15, 0.2) is 36.4 Å². The minimum atomic E-state index is -0.149. The smallest absolute Gasteiger partial charge is 0.239 e. The molecule has 1 amide bonds. The lowest BCUT2D eigenvalue weighted by molar-refractivity contribution is -0.119. The summed E-state index contributed by atoms with van der Waals surface area (Å²) in [5, 5.41) is 6.28. The van der Waals surface area contributed by atoms with Crippen LogP contribution in [0.1, 0.15) is 5.56 Å². The summed E-state index contributed by atoms with van der Waals surface area (Å²) < 4.78 is 16.6. The van der Waals surface area contributed by atoms with Crippen LogP contribution in [0.4, 0.5) is 5.69 Å².